The van der Waals surface area contributed by atoms with Crippen molar-refractivity contribution in [2.45, 2.75) is 25.8 Å². The van der Waals surface area contributed by atoms with Crippen molar-refractivity contribution < 1.29 is 19.1 Å². The van der Waals surface area contributed by atoms with E-state index in [9.17, 15) is 9.59 Å². The number of morpholine rings is 1. The molecular weight excluding hydrogens is 258 g/mol. The van der Waals surface area contributed by atoms with Gasteiger partial charge in [0.15, 0.2) is 0 Å². The topological polar surface area (TPSA) is 55.8 Å². The number of esters is 1. The molecule has 0 atom stereocenters. The number of para-hydroxylation sites is 1. The Hall–Kier alpha value is -2.04. The van der Waals surface area contributed by atoms with E-state index in [1.807, 2.05) is 30.3 Å². The molecule has 5 nitrogen and oxygen atoms in total. The molecular formula is C15H19NO4. The van der Waals surface area contributed by atoms with Crippen molar-refractivity contribution in [3.05, 3.63) is 30.3 Å². The third kappa shape index (κ3) is 3.10. The van der Waals surface area contributed by atoms with Crippen LogP contribution in [-0.2, 0) is 14.3 Å². The summed E-state index contributed by atoms with van der Waals surface area (Å²) >= 11 is 0. The summed E-state index contributed by atoms with van der Waals surface area (Å²) in [5, 5.41) is 0. The molecule has 20 heavy (non-hydrogen) atoms. The van der Waals surface area contributed by atoms with E-state index in [2.05, 4.69) is 0 Å². The molecule has 0 bridgehead atoms. The zero-order valence-corrected chi connectivity index (χ0v) is 11.8. The quantitative estimate of drug-likeness (QED) is 0.785. The van der Waals surface area contributed by atoms with Crippen LogP contribution in [0, 0.1) is 0 Å². The minimum absolute atomic E-state index is 0.0948. The molecule has 1 aromatic rings. The van der Waals surface area contributed by atoms with Crippen LogP contribution >= 0.6 is 0 Å². The first-order chi connectivity index (χ1) is 9.51. The lowest BCUT2D eigenvalue weighted by molar-refractivity contribution is -0.172. The number of ether oxygens (including phenoxy) is 2. The van der Waals surface area contributed by atoms with E-state index in [-0.39, 0.29) is 24.9 Å². The summed E-state index contributed by atoms with van der Waals surface area (Å²) in [6.45, 7) is 4.38. The highest BCUT2D eigenvalue weighted by molar-refractivity contribution is 5.88. The third-order valence-electron chi connectivity index (χ3n) is 3.35. The maximum absolute atomic E-state index is 12.2. The first kappa shape index (κ1) is 14.4. The molecule has 1 amide bonds. The minimum Gasteiger partial charge on any atom is -0.493 e. The van der Waals surface area contributed by atoms with Crippen LogP contribution in [0.25, 0.3) is 0 Å². The van der Waals surface area contributed by atoms with Gasteiger partial charge in [0.05, 0.1) is 19.6 Å². The van der Waals surface area contributed by atoms with Gasteiger partial charge in [-0.3, -0.25) is 4.79 Å². The lowest BCUT2D eigenvalue weighted by atomic mass is 10.0. The predicted molar refractivity (Wildman–Crippen MR) is 73.3 cm³/mol. The summed E-state index contributed by atoms with van der Waals surface area (Å²) in [7, 11) is 0. The number of cyclic esters (lactones) is 1. The molecule has 0 spiro atoms. The Morgan fingerprint density at radius 1 is 1.35 bits per heavy atom. The predicted octanol–water partition coefficient (Wildman–Crippen LogP) is 1.62. The Bertz CT molecular complexity index is 484. The molecule has 0 N–H and O–H groups in total. The molecule has 108 valence electrons. The summed E-state index contributed by atoms with van der Waals surface area (Å²) in [5.41, 5.74) is -0.901. The van der Waals surface area contributed by atoms with E-state index >= 15 is 0 Å². The Labute approximate surface area is 118 Å². The fourth-order valence-corrected chi connectivity index (χ4v) is 2.14. The lowest BCUT2D eigenvalue weighted by Crippen LogP contribution is -2.58. The van der Waals surface area contributed by atoms with Crippen molar-refractivity contribution in [1.29, 1.82) is 0 Å². The van der Waals surface area contributed by atoms with E-state index in [1.165, 1.54) is 0 Å². The number of carbonyl (C=O) groups excluding carboxylic acids is 2. The summed E-state index contributed by atoms with van der Waals surface area (Å²) in [5.74, 6) is 0.279. The Morgan fingerprint density at radius 2 is 2.05 bits per heavy atom. The molecule has 1 aliphatic heterocycles. The Kier molecular flexibility index (Phi) is 4.27. The van der Waals surface area contributed by atoms with Crippen LogP contribution in [0.1, 0.15) is 20.3 Å². The largest absolute Gasteiger partial charge is 0.493 e. The van der Waals surface area contributed by atoms with Gasteiger partial charge in [-0.1, -0.05) is 18.2 Å². The highest BCUT2D eigenvalue weighted by atomic mass is 16.5. The Morgan fingerprint density at radius 3 is 2.75 bits per heavy atom. The molecule has 0 aromatic heterocycles. The van der Waals surface area contributed by atoms with Crippen molar-refractivity contribution in [3.63, 3.8) is 0 Å². The third-order valence-corrected chi connectivity index (χ3v) is 3.35. The number of benzene rings is 1. The summed E-state index contributed by atoms with van der Waals surface area (Å²) < 4.78 is 10.5. The van der Waals surface area contributed by atoms with Crippen LogP contribution in [0.2, 0.25) is 0 Å². The number of rotatable bonds is 4. The number of amides is 1. The minimum atomic E-state index is -0.901. The molecule has 0 aliphatic carbocycles. The number of hydrogen-bond acceptors (Lipinski definition) is 4. The molecule has 2 rings (SSSR count). The van der Waals surface area contributed by atoms with Gasteiger partial charge in [-0.05, 0) is 26.0 Å². The highest BCUT2D eigenvalue weighted by Gasteiger charge is 2.41. The van der Waals surface area contributed by atoms with Gasteiger partial charge in [0.2, 0.25) is 5.91 Å². The van der Waals surface area contributed by atoms with E-state index < -0.39 is 5.54 Å². The number of carbonyl (C=O) groups is 2. The molecule has 5 heteroatoms. The van der Waals surface area contributed by atoms with Gasteiger partial charge in [-0.25, -0.2) is 4.79 Å². The molecule has 0 saturated carbocycles. The monoisotopic (exact) mass is 277 g/mol. The van der Waals surface area contributed by atoms with Gasteiger partial charge >= 0.3 is 5.97 Å². The SMILES string of the molecule is CC1(C)C(=O)OCCN1C(=O)CCOc1ccccc1. The van der Waals surface area contributed by atoms with Crippen LogP contribution in [0.15, 0.2) is 30.3 Å². The van der Waals surface area contributed by atoms with Crippen LogP contribution in [-0.4, -0.2) is 42.1 Å². The maximum Gasteiger partial charge on any atom is 0.331 e. The summed E-state index contributed by atoms with van der Waals surface area (Å²) in [6, 6.07) is 9.33. The first-order valence-corrected chi connectivity index (χ1v) is 6.67. The average Bonchev–Trinajstić information content (AvgIpc) is 2.43. The number of nitrogens with zero attached hydrogens (tertiary/aromatic N) is 1. The van der Waals surface area contributed by atoms with Crippen molar-refractivity contribution in [3.8, 4) is 5.75 Å². The molecule has 1 aromatic carbocycles. The highest BCUT2D eigenvalue weighted by Crippen LogP contribution is 2.21. The Balaban J connectivity index is 1.87. The van der Waals surface area contributed by atoms with Gasteiger partial charge in [-0.15, -0.1) is 0 Å². The van der Waals surface area contributed by atoms with Gasteiger partial charge in [0, 0.05) is 0 Å². The zero-order valence-electron chi connectivity index (χ0n) is 11.8. The van der Waals surface area contributed by atoms with E-state index in [1.54, 1.807) is 18.7 Å². The molecule has 1 aliphatic rings. The lowest BCUT2D eigenvalue weighted by Gasteiger charge is -2.40. The zero-order chi connectivity index (χ0) is 14.6. The van der Waals surface area contributed by atoms with Crippen LogP contribution in [0.3, 0.4) is 0 Å². The van der Waals surface area contributed by atoms with Crippen molar-refractivity contribution in [2.24, 2.45) is 0 Å². The van der Waals surface area contributed by atoms with Crippen LogP contribution < -0.4 is 4.74 Å². The van der Waals surface area contributed by atoms with Crippen molar-refractivity contribution in [1.82, 2.24) is 4.90 Å². The van der Waals surface area contributed by atoms with E-state index in [0.29, 0.717) is 13.2 Å². The standard InChI is InChI=1S/C15H19NO4/c1-15(2)14(18)20-11-9-16(15)13(17)8-10-19-12-6-4-3-5-7-12/h3-7H,8-11H2,1-2H3. The van der Waals surface area contributed by atoms with Gasteiger partial charge < -0.3 is 14.4 Å². The van der Waals surface area contributed by atoms with E-state index in [0.717, 1.165) is 5.75 Å². The van der Waals surface area contributed by atoms with Gasteiger partial charge in [0.25, 0.3) is 0 Å². The first-order valence-electron chi connectivity index (χ1n) is 6.67. The fourth-order valence-electron chi connectivity index (χ4n) is 2.14. The fraction of sp³-hybridized carbons (Fsp3) is 0.467. The maximum atomic E-state index is 12.2. The van der Waals surface area contributed by atoms with Gasteiger partial charge in [-0.2, -0.15) is 0 Å². The second-order valence-electron chi connectivity index (χ2n) is 5.15. The van der Waals surface area contributed by atoms with Crippen molar-refractivity contribution >= 4 is 11.9 Å². The average molecular weight is 277 g/mol. The normalized spacial score (nSPS) is 17.5. The van der Waals surface area contributed by atoms with Crippen LogP contribution in [0.5, 0.6) is 5.75 Å². The second kappa shape index (κ2) is 5.94. The molecule has 0 radical (unpaired) electrons. The van der Waals surface area contributed by atoms with Gasteiger partial charge in [0.1, 0.15) is 17.9 Å². The van der Waals surface area contributed by atoms with Crippen molar-refractivity contribution in [2.75, 3.05) is 19.8 Å². The smallest absolute Gasteiger partial charge is 0.331 e. The molecule has 0 unspecified atom stereocenters. The summed E-state index contributed by atoms with van der Waals surface area (Å²) in [6.07, 6.45) is 0.242. The molecule has 1 heterocycles. The molecule has 1 saturated heterocycles. The second-order valence-corrected chi connectivity index (χ2v) is 5.15. The molecule has 1 fully saturated rings. The number of hydrogen-bond donors (Lipinski definition) is 0. The van der Waals surface area contributed by atoms with E-state index in [4.69, 9.17) is 9.47 Å². The summed E-state index contributed by atoms with van der Waals surface area (Å²) in [4.78, 5) is 25.4. The van der Waals surface area contributed by atoms with Crippen LogP contribution in [0.4, 0.5) is 0 Å².